The van der Waals surface area contributed by atoms with Crippen molar-refractivity contribution in [1.82, 2.24) is 10.7 Å². The first-order valence-electron chi connectivity index (χ1n) is 7.09. The Morgan fingerprint density at radius 2 is 2.00 bits per heavy atom. The number of hydrazone groups is 1. The Hall–Kier alpha value is -2.67. The molecule has 0 fully saturated rings. The highest BCUT2D eigenvalue weighted by Crippen LogP contribution is 2.16. The maximum atomic E-state index is 12.0. The number of benzene rings is 2. The van der Waals surface area contributed by atoms with E-state index in [1.807, 2.05) is 24.3 Å². The number of rotatable bonds is 6. The first-order valence-corrected chi connectivity index (χ1v) is 7.88. The molecule has 6 nitrogen and oxygen atoms in total. The Morgan fingerprint density at radius 3 is 2.75 bits per heavy atom. The van der Waals surface area contributed by atoms with E-state index in [0.717, 1.165) is 10.0 Å². The molecule has 0 saturated heterocycles. The number of amides is 2. The van der Waals surface area contributed by atoms with E-state index in [1.54, 1.807) is 24.3 Å². The van der Waals surface area contributed by atoms with Gasteiger partial charge in [0.25, 0.3) is 11.8 Å². The van der Waals surface area contributed by atoms with Crippen molar-refractivity contribution in [3.63, 3.8) is 0 Å². The predicted octanol–water partition coefficient (Wildman–Crippen LogP) is 2.34. The lowest BCUT2D eigenvalue weighted by molar-refractivity contribution is -0.120. The van der Waals surface area contributed by atoms with Crippen LogP contribution in [0.5, 0.6) is 5.75 Å². The second kappa shape index (κ2) is 8.83. The van der Waals surface area contributed by atoms with Crippen molar-refractivity contribution in [2.24, 2.45) is 5.10 Å². The number of carbonyl (C=O) groups is 2. The minimum atomic E-state index is -0.426. The molecule has 2 aromatic carbocycles. The summed E-state index contributed by atoms with van der Waals surface area (Å²) in [4.78, 5) is 23.8. The molecule has 0 aliphatic heterocycles. The van der Waals surface area contributed by atoms with Crippen molar-refractivity contribution in [2.75, 3.05) is 13.7 Å². The van der Waals surface area contributed by atoms with Gasteiger partial charge < -0.3 is 10.1 Å². The number of carbonyl (C=O) groups excluding carboxylic acids is 2. The van der Waals surface area contributed by atoms with Gasteiger partial charge in [0.15, 0.2) is 0 Å². The molecule has 0 saturated carbocycles. The number of ether oxygens (including phenoxy) is 1. The molecule has 0 aliphatic carbocycles. The van der Waals surface area contributed by atoms with Crippen LogP contribution in [-0.4, -0.2) is 31.7 Å². The van der Waals surface area contributed by atoms with Crippen LogP contribution in [0.4, 0.5) is 0 Å². The summed E-state index contributed by atoms with van der Waals surface area (Å²) in [5.41, 5.74) is 3.56. The van der Waals surface area contributed by atoms with E-state index in [-0.39, 0.29) is 6.54 Å². The predicted molar refractivity (Wildman–Crippen MR) is 95.2 cm³/mol. The fourth-order valence-electron chi connectivity index (χ4n) is 1.89. The van der Waals surface area contributed by atoms with E-state index in [4.69, 9.17) is 4.74 Å². The molecule has 0 heterocycles. The third-order valence-corrected chi connectivity index (χ3v) is 3.51. The molecule has 0 radical (unpaired) electrons. The molecule has 2 rings (SSSR count). The number of nitrogens with one attached hydrogen (secondary N) is 2. The average Bonchev–Trinajstić information content (AvgIpc) is 2.59. The van der Waals surface area contributed by atoms with Gasteiger partial charge in [-0.25, -0.2) is 5.43 Å². The molecule has 0 atom stereocenters. The third kappa shape index (κ3) is 5.20. The zero-order valence-corrected chi connectivity index (χ0v) is 14.5. The first kappa shape index (κ1) is 17.7. The Labute approximate surface area is 148 Å². The van der Waals surface area contributed by atoms with Crippen LogP contribution < -0.4 is 15.5 Å². The van der Waals surface area contributed by atoms with Gasteiger partial charge in [0.1, 0.15) is 5.75 Å². The molecule has 0 spiro atoms. The largest absolute Gasteiger partial charge is 0.496 e. The highest BCUT2D eigenvalue weighted by Gasteiger charge is 2.12. The maximum Gasteiger partial charge on any atom is 0.259 e. The second-order valence-electron chi connectivity index (χ2n) is 4.73. The van der Waals surface area contributed by atoms with Crippen LogP contribution in [0.1, 0.15) is 15.9 Å². The van der Waals surface area contributed by atoms with E-state index in [2.05, 4.69) is 31.8 Å². The van der Waals surface area contributed by atoms with Gasteiger partial charge in [0.05, 0.1) is 25.4 Å². The molecule has 0 unspecified atom stereocenters. The van der Waals surface area contributed by atoms with Crippen LogP contribution in [0.25, 0.3) is 0 Å². The topological polar surface area (TPSA) is 79.8 Å². The number of hydrogen-bond donors (Lipinski definition) is 2. The standard InChI is InChI=1S/C17H16BrN3O3/c1-24-15-8-3-2-7-14(15)17(23)19-11-16(22)21-20-10-12-5-4-6-13(18)9-12/h2-10H,11H2,1H3,(H,19,23)(H,21,22)/b20-10+. The van der Waals surface area contributed by atoms with Crippen LogP contribution in [-0.2, 0) is 4.79 Å². The molecule has 0 aliphatic rings. The fourth-order valence-corrected chi connectivity index (χ4v) is 2.31. The fraction of sp³-hybridized carbons (Fsp3) is 0.118. The van der Waals surface area contributed by atoms with Gasteiger partial charge in [0.2, 0.25) is 0 Å². The molecular weight excluding hydrogens is 374 g/mol. The van der Waals surface area contributed by atoms with E-state index >= 15 is 0 Å². The Bertz CT molecular complexity index is 762. The Morgan fingerprint density at radius 1 is 1.21 bits per heavy atom. The highest BCUT2D eigenvalue weighted by atomic mass is 79.9. The zero-order valence-electron chi connectivity index (χ0n) is 13.0. The molecule has 0 bridgehead atoms. The minimum Gasteiger partial charge on any atom is -0.496 e. The molecule has 7 heteroatoms. The summed E-state index contributed by atoms with van der Waals surface area (Å²) in [5, 5.41) is 6.36. The van der Waals surface area contributed by atoms with Crippen LogP contribution in [0.2, 0.25) is 0 Å². The summed E-state index contributed by atoms with van der Waals surface area (Å²) in [7, 11) is 1.48. The molecular formula is C17H16BrN3O3. The quantitative estimate of drug-likeness (QED) is 0.587. The second-order valence-corrected chi connectivity index (χ2v) is 5.65. The molecule has 2 N–H and O–H groups in total. The lowest BCUT2D eigenvalue weighted by Gasteiger charge is -2.08. The summed E-state index contributed by atoms with van der Waals surface area (Å²) in [6.07, 6.45) is 1.52. The van der Waals surface area contributed by atoms with Gasteiger partial charge in [0, 0.05) is 4.47 Å². The Balaban J connectivity index is 1.83. The van der Waals surface area contributed by atoms with Gasteiger partial charge in [-0.15, -0.1) is 0 Å². The van der Waals surface area contributed by atoms with Gasteiger partial charge >= 0.3 is 0 Å². The highest BCUT2D eigenvalue weighted by molar-refractivity contribution is 9.10. The molecule has 0 aromatic heterocycles. The maximum absolute atomic E-state index is 12.0. The van der Waals surface area contributed by atoms with E-state index in [1.165, 1.54) is 13.3 Å². The number of nitrogens with zero attached hydrogens (tertiary/aromatic N) is 1. The number of hydrogen-bond acceptors (Lipinski definition) is 4. The summed E-state index contributed by atoms with van der Waals surface area (Å²) in [5.74, 6) is -0.369. The van der Waals surface area contributed by atoms with Crippen molar-refractivity contribution in [3.05, 3.63) is 64.1 Å². The smallest absolute Gasteiger partial charge is 0.259 e. The lowest BCUT2D eigenvalue weighted by Crippen LogP contribution is -2.35. The number of para-hydroxylation sites is 1. The summed E-state index contributed by atoms with van der Waals surface area (Å²) >= 11 is 3.35. The molecule has 2 amide bonds. The van der Waals surface area contributed by atoms with Gasteiger partial charge in [-0.05, 0) is 29.8 Å². The van der Waals surface area contributed by atoms with Crippen LogP contribution in [0.15, 0.2) is 58.1 Å². The number of methoxy groups -OCH3 is 1. The van der Waals surface area contributed by atoms with Crippen molar-refractivity contribution in [3.8, 4) is 5.75 Å². The van der Waals surface area contributed by atoms with Crippen LogP contribution in [0.3, 0.4) is 0 Å². The van der Waals surface area contributed by atoms with Crippen molar-refractivity contribution in [1.29, 1.82) is 0 Å². The van der Waals surface area contributed by atoms with Crippen LogP contribution in [0, 0.1) is 0 Å². The number of halogens is 1. The lowest BCUT2D eigenvalue weighted by atomic mass is 10.2. The minimum absolute atomic E-state index is 0.188. The van der Waals surface area contributed by atoms with Crippen molar-refractivity contribution in [2.45, 2.75) is 0 Å². The monoisotopic (exact) mass is 389 g/mol. The summed E-state index contributed by atoms with van der Waals surface area (Å²) in [6, 6.07) is 14.3. The van der Waals surface area contributed by atoms with Gasteiger partial charge in [-0.3, -0.25) is 9.59 Å². The molecule has 2 aromatic rings. The third-order valence-electron chi connectivity index (χ3n) is 3.01. The zero-order chi connectivity index (χ0) is 17.4. The van der Waals surface area contributed by atoms with E-state index in [0.29, 0.717) is 11.3 Å². The first-order chi connectivity index (χ1) is 11.6. The van der Waals surface area contributed by atoms with E-state index in [9.17, 15) is 9.59 Å². The van der Waals surface area contributed by atoms with Crippen molar-refractivity contribution < 1.29 is 14.3 Å². The molecule has 124 valence electrons. The Kier molecular flexibility index (Phi) is 6.51. The van der Waals surface area contributed by atoms with Crippen molar-refractivity contribution >= 4 is 34.0 Å². The van der Waals surface area contributed by atoms with Gasteiger partial charge in [-0.2, -0.15) is 5.10 Å². The van der Waals surface area contributed by atoms with E-state index < -0.39 is 11.8 Å². The summed E-state index contributed by atoms with van der Waals surface area (Å²) in [6.45, 7) is -0.188. The normalized spacial score (nSPS) is 10.4. The van der Waals surface area contributed by atoms with Gasteiger partial charge in [-0.1, -0.05) is 40.2 Å². The summed E-state index contributed by atoms with van der Waals surface area (Å²) < 4.78 is 6.03. The molecule has 24 heavy (non-hydrogen) atoms. The van der Waals surface area contributed by atoms with Crippen LogP contribution >= 0.6 is 15.9 Å². The SMILES string of the molecule is COc1ccccc1C(=O)NCC(=O)N/N=C/c1cccc(Br)c1. The average molecular weight is 390 g/mol.